The minimum atomic E-state index is -3.91. The Morgan fingerprint density at radius 1 is 1.19 bits per heavy atom. The van der Waals surface area contributed by atoms with E-state index in [1.165, 1.54) is 43.0 Å². The number of carbonyl (C=O) groups excluding carboxylic acids is 1. The van der Waals surface area contributed by atoms with Crippen LogP contribution in [-0.4, -0.2) is 59.0 Å². The second-order valence-electron chi connectivity index (χ2n) is 8.92. The van der Waals surface area contributed by atoms with Crippen molar-refractivity contribution in [2.24, 2.45) is 5.41 Å². The maximum atomic E-state index is 13.4. The standard InChI is InChI=1S/C25H30FN5O4S/c1-5-11-30-16-22(15-27-30)36(33,34)29(3)17-25(24(32)35-4)13-18-14-28-31(23(18)12-19(25)6-2)21-9-7-20(26)8-10-21/h7-10,12,14-16H,5-6,11,13,17H2,1-4H3/t25-/m0/s1. The van der Waals surface area contributed by atoms with Gasteiger partial charge in [-0.3, -0.25) is 9.48 Å². The number of nitrogens with zero attached hydrogens (tertiary/aromatic N) is 5. The van der Waals surface area contributed by atoms with Crippen molar-refractivity contribution in [3.63, 3.8) is 0 Å². The molecule has 3 aromatic rings. The Labute approximate surface area is 210 Å². The van der Waals surface area contributed by atoms with Gasteiger partial charge in [0, 0.05) is 26.3 Å². The van der Waals surface area contributed by atoms with E-state index in [-0.39, 0.29) is 23.7 Å². The fourth-order valence-corrected chi connectivity index (χ4v) is 5.93. The first-order chi connectivity index (χ1) is 17.2. The number of halogens is 1. The van der Waals surface area contributed by atoms with Crippen molar-refractivity contribution >= 4 is 22.1 Å². The van der Waals surface area contributed by atoms with Gasteiger partial charge < -0.3 is 4.74 Å². The first kappa shape index (κ1) is 25.8. The van der Waals surface area contributed by atoms with Gasteiger partial charge in [-0.1, -0.05) is 13.8 Å². The van der Waals surface area contributed by atoms with Crippen LogP contribution in [0.1, 0.15) is 37.9 Å². The number of hydrogen-bond donors (Lipinski definition) is 0. The molecule has 0 amide bonds. The fraction of sp³-hybridized carbons (Fsp3) is 0.400. The molecule has 0 unspecified atom stereocenters. The molecule has 192 valence electrons. The van der Waals surface area contributed by atoms with Crippen molar-refractivity contribution in [1.82, 2.24) is 23.9 Å². The summed E-state index contributed by atoms with van der Waals surface area (Å²) in [6.45, 7) is 4.39. The minimum absolute atomic E-state index is 0.0705. The van der Waals surface area contributed by atoms with Crippen molar-refractivity contribution in [2.75, 3.05) is 20.7 Å². The number of carbonyl (C=O) groups is 1. The summed E-state index contributed by atoms with van der Waals surface area (Å²) in [5, 5.41) is 8.61. The number of fused-ring (bicyclic) bond motifs is 1. The van der Waals surface area contributed by atoms with Gasteiger partial charge in [0.2, 0.25) is 10.0 Å². The van der Waals surface area contributed by atoms with Crippen LogP contribution >= 0.6 is 0 Å². The van der Waals surface area contributed by atoms with Gasteiger partial charge in [0.05, 0.1) is 30.9 Å². The highest BCUT2D eigenvalue weighted by atomic mass is 32.2. The van der Waals surface area contributed by atoms with Gasteiger partial charge in [0.15, 0.2) is 0 Å². The van der Waals surface area contributed by atoms with Crippen molar-refractivity contribution in [1.29, 1.82) is 0 Å². The lowest BCUT2D eigenvalue weighted by Crippen LogP contribution is -2.48. The molecular weight excluding hydrogens is 485 g/mol. The normalized spacial score (nSPS) is 17.7. The number of hydrogen-bond acceptors (Lipinski definition) is 6. The quantitative estimate of drug-likeness (QED) is 0.405. The maximum Gasteiger partial charge on any atom is 0.317 e. The lowest BCUT2D eigenvalue weighted by Gasteiger charge is -2.38. The maximum absolute atomic E-state index is 13.4. The van der Waals surface area contributed by atoms with E-state index in [0.717, 1.165) is 23.3 Å². The van der Waals surface area contributed by atoms with Gasteiger partial charge in [-0.25, -0.2) is 17.5 Å². The van der Waals surface area contributed by atoms with E-state index in [0.29, 0.717) is 18.7 Å². The number of sulfonamides is 1. The van der Waals surface area contributed by atoms with E-state index in [2.05, 4.69) is 10.2 Å². The summed E-state index contributed by atoms with van der Waals surface area (Å²) in [6, 6.07) is 5.97. The number of aromatic nitrogens is 4. The highest BCUT2D eigenvalue weighted by Gasteiger charge is 2.48. The Hall–Kier alpha value is -3.31. The van der Waals surface area contributed by atoms with Crippen LogP contribution in [0.5, 0.6) is 0 Å². The third-order valence-corrected chi connectivity index (χ3v) is 8.35. The van der Waals surface area contributed by atoms with Gasteiger partial charge in [-0.2, -0.15) is 14.5 Å². The van der Waals surface area contributed by atoms with Gasteiger partial charge in [-0.05, 0) is 60.7 Å². The zero-order chi connectivity index (χ0) is 26.1. The van der Waals surface area contributed by atoms with Crippen LogP contribution in [0, 0.1) is 11.2 Å². The van der Waals surface area contributed by atoms with Crippen LogP contribution in [0.3, 0.4) is 0 Å². The molecule has 0 radical (unpaired) electrons. The monoisotopic (exact) mass is 515 g/mol. The number of aryl methyl sites for hydroxylation is 1. The molecule has 0 spiro atoms. The van der Waals surface area contributed by atoms with Crippen LogP contribution < -0.4 is 0 Å². The SMILES string of the molecule is CCCn1cc(S(=O)(=O)N(C)C[C@@]2(C(=O)OC)Cc3cnn(-c4ccc(F)cc4)c3C=C2CC)cn1. The molecule has 2 heterocycles. The second kappa shape index (κ2) is 9.98. The largest absolute Gasteiger partial charge is 0.468 e. The lowest BCUT2D eigenvalue weighted by molar-refractivity contribution is -0.151. The predicted molar refractivity (Wildman–Crippen MR) is 132 cm³/mol. The number of esters is 1. The van der Waals surface area contributed by atoms with Crippen LogP contribution in [0.15, 0.2) is 53.3 Å². The number of methoxy groups -OCH3 is 1. The minimum Gasteiger partial charge on any atom is -0.468 e. The summed E-state index contributed by atoms with van der Waals surface area (Å²) < 4.78 is 49.9. The molecule has 0 bridgehead atoms. The number of ether oxygens (including phenoxy) is 1. The van der Waals surface area contributed by atoms with E-state index in [9.17, 15) is 17.6 Å². The molecule has 1 aliphatic rings. The molecule has 36 heavy (non-hydrogen) atoms. The average molecular weight is 516 g/mol. The molecule has 1 aromatic carbocycles. The van der Waals surface area contributed by atoms with Gasteiger partial charge in [0.25, 0.3) is 0 Å². The van der Waals surface area contributed by atoms with Crippen LogP contribution in [-0.2, 0) is 32.5 Å². The second-order valence-corrected chi connectivity index (χ2v) is 11.0. The van der Waals surface area contributed by atoms with Gasteiger partial charge in [0.1, 0.15) is 16.1 Å². The summed E-state index contributed by atoms with van der Waals surface area (Å²) in [5.41, 5.74) is 1.72. The highest BCUT2D eigenvalue weighted by Crippen LogP contribution is 2.43. The molecule has 11 heteroatoms. The Bertz CT molecular complexity index is 1390. The zero-order valence-electron chi connectivity index (χ0n) is 20.8. The van der Waals surface area contributed by atoms with Gasteiger partial charge >= 0.3 is 5.97 Å². The molecule has 1 aliphatic carbocycles. The molecular formula is C25H30FN5O4S. The molecule has 4 rings (SSSR count). The summed E-state index contributed by atoms with van der Waals surface area (Å²) in [5.74, 6) is -0.863. The number of rotatable bonds is 9. The van der Waals surface area contributed by atoms with Crippen molar-refractivity contribution in [2.45, 2.75) is 44.6 Å². The molecule has 0 fully saturated rings. The van der Waals surface area contributed by atoms with Crippen molar-refractivity contribution in [3.05, 3.63) is 65.5 Å². The Balaban J connectivity index is 1.73. The van der Waals surface area contributed by atoms with Gasteiger partial charge in [-0.15, -0.1) is 0 Å². The fourth-order valence-electron chi connectivity index (χ4n) is 4.75. The van der Waals surface area contributed by atoms with Crippen LogP contribution in [0.2, 0.25) is 0 Å². The van der Waals surface area contributed by atoms with Crippen LogP contribution in [0.25, 0.3) is 11.8 Å². The summed E-state index contributed by atoms with van der Waals surface area (Å²) in [7, 11) is -1.14. The number of benzene rings is 1. The predicted octanol–water partition coefficient (Wildman–Crippen LogP) is 3.45. The van der Waals surface area contributed by atoms with Crippen molar-refractivity contribution in [3.8, 4) is 5.69 Å². The molecule has 1 atom stereocenters. The van der Waals surface area contributed by atoms with Crippen molar-refractivity contribution < 1.29 is 22.3 Å². The molecule has 2 aromatic heterocycles. The highest BCUT2D eigenvalue weighted by molar-refractivity contribution is 7.89. The third-order valence-electron chi connectivity index (χ3n) is 6.60. The van der Waals surface area contributed by atoms with Crippen LogP contribution in [0.4, 0.5) is 4.39 Å². The third kappa shape index (κ3) is 4.48. The van der Waals surface area contributed by atoms with E-state index in [1.54, 1.807) is 27.7 Å². The smallest absolute Gasteiger partial charge is 0.317 e. The Morgan fingerprint density at radius 3 is 2.56 bits per heavy atom. The molecule has 9 nitrogen and oxygen atoms in total. The Kier molecular flexibility index (Phi) is 7.14. The molecule has 0 N–H and O–H groups in total. The first-order valence-corrected chi connectivity index (χ1v) is 13.2. The summed E-state index contributed by atoms with van der Waals surface area (Å²) >= 11 is 0. The topological polar surface area (TPSA) is 99.3 Å². The molecule has 0 aliphatic heterocycles. The summed E-state index contributed by atoms with van der Waals surface area (Å²) in [6.07, 6.45) is 7.88. The zero-order valence-corrected chi connectivity index (χ0v) is 21.6. The lowest BCUT2D eigenvalue weighted by atomic mass is 9.70. The molecule has 0 saturated heterocycles. The van der Waals surface area contributed by atoms with E-state index < -0.39 is 21.4 Å². The van der Waals surface area contributed by atoms with E-state index >= 15 is 0 Å². The first-order valence-electron chi connectivity index (χ1n) is 11.8. The van der Waals surface area contributed by atoms with E-state index in [1.807, 2.05) is 19.9 Å². The molecule has 0 saturated carbocycles. The average Bonchev–Trinajstić information content (AvgIpc) is 3.51. The Morgan fingerprint density at radius 2 is 1.92 bits per heavy atom. The summed E-state index contributed by atoms with van der Waals surface area (Å²) in [4.78, 5) is 13.4. The van der Waals surface area contributed by atoms with E-state index in [4.69, 9.17) is 4.74 Å².